The number of phenols is 1. The lowest BCUT2D eigenvalue weighted by Gasteiger charge is -2.05. The van der Waals surface area contributed by atoms with Gasteiger partial charge in [0, 0.05) is 23.8 Å². The quantitative estimate of drug-likeness (QED) is 0.236. The third kappa shape index (κ3) is 5.34. The van der Waals surface area contributed by atoms with Crippen LogP contribution in [0.3, 0.4) is 0 Å². The van der Waals surface area contributed by atoms with Crippen molar-refractivity contribution in [2.24, 2.45) is 9.98 Å². The number of aryl methyl sites for hydroxylation is 6. The number of nitrogens with one attached hydrogen (secondary N) is 2. The topological polar surface area (TPSA) is 121 Å². The zero-order chi connectivity index (χ0) is 29.4. The van der Waals surface area contributed by atoms with E-state index in [0.717, 1.165) is 33.6 Å². The third-order valence-corrected chi connectivity index (χ3v) is 7.37. The number of hydrogen-bond donors (Lipinski definition) is 3. The molecule has 0 amide bonds. The van der Waals surface area contributed by atoms with Crippen molar-refractivity contribution in [3.63, 3.8) is 0 Å². The lowest BCUT2D eigenvalue weighted by molar-refractivity contribution is 0.477. The number of aromatic nitrogens is 4. The van der Waals surface area contributed by atoms with Gasteiger partial charge in [-0.1, -0.05) is 12.1 Å². The van der Waals surface area contributed by atoms with E-state index < -0.39 is 0 Å². The first-order valence-corrected chi connectivity index (χ1v) is 13.2. The van der Waals surface area contributed by atoms with E-state index in [1.54, 1.807) is 19.1 Å². The molecule has 0 saturated carbocycles. The van der Waals surface area contributed by atoms with Crippen molar-refractivity contribution < 1.29 is 5.11 Å². The second-order valence-corrected chi connectivity index (χ2v) is 10.3. The Balaban J connectivity index is 1.42. The van der Waals surface area contributed by atoms with Gasteiger partial charge >= 0.3 is 0 Å². The van der Waals surface area contributed by atoms with Gasteiger partial charge in [-0.3, -0.25) is 29.8 Å². The fourth-order valence-electron chi connectivity index (χ4n) is 4.48. The molecule has 0 unspecified atom stereocenters. The highest BCUT2D eigenvalue weighted by atomic mass is 16.3. The van der Waals surface area contributed by atoms with Gasteiger partial charge in [0.15, 0.2) is 0 Å². The van der Waals surface area contributed by atoms with Gasteiger partial charge in [0.1, 0.15) is 11.4 Å². The molecule has 5 aromatic rings. The molecule has 0 fully saturated rings. The van der Waals surface area contributed by atoms with Gasteiger partial charge < -0.3 is 5.11 Å². The number of aromatic amines is 2. The van der Waals surface area contributed by atoms with Crippen molar-refractivity contribution >= 4 is 23.8 Å². The van der Waals surface area contributed by atoms with E-state index in [0.29, 0.717) is 28.2 Å². The predicted octanol–water partition coefficient (Wildman–Crippen LogP) is 5.70. The predicted molar refractivity (Wildman–Crippen MR) is 164 cm³/mol. The summed E-state index contributed by atoms with van der Waals surface area (Å²) in [5.41, 5.74) is 8.36. The Morgan fingerprint density at radius 3 is 1.61 bits per heavy atom. The minimum absolute atomic E-state index is 0.0576. The van der Waals surface area contributed by atoms with Crippen LogP contribution in [0, 0.1) is 41.5 Å². The van der Waals surface area contributed by atoms with Gasteiger partial charge in [0.25, 0.3) is 11.1 Å². The number of H-pyrrole nitrogens is 2. The van der Waals surface area contributed by atoms with E-state index in [-0.39, 0.29) is 22.6 Å². The summed E-state index contributed by atoms with van der Waals surface area (Å²) in [6, 6.07) is 16.3. The van der Waals surface area contributed by atoms with Crippen LogP contribution in [0.4, 0.5) is 11.4 Å². The average molecular weight is 549 g/mol. The summed E-state index contributed by atoms with van der Waals surface area (Å²) >= 11 is 0. The molecular formula is C32H32N6O3. The molecule has 0 aliphatic rings. The Hall–Kier alpha value is -5.18. The smallest absolute Gasteiger partial charge is 0.280 e. The molecule has 0 spiro atoms. The maximum absolute atomic E-state index is 13.1. The van der Waals surface area contributed by atoms with Gasteiger partial charge in [-0.05, 0) is 106 Å². The van der Waals surface area contributed by atoms with Gasteiger partial charge in [0.05, 0.1) is 28.2 Å². The fraction of sp³-hybridized carbons (Fsp3) is 0.188. The molecule has 0 radical (unpaired) electrons. The number of rotatable bonds is 6. The highest BCUT2D eigenvalue weighted by Crippen LogP contribution is 2.30. The number of benzene rings is 3. The maximum Gasteiger partial charge on any atom is 0.280 e. The number of aliphatic imine (C=N–C) groups is 2. The van der Waals surface area contributed by atoms with E-state index in [1.807, 2.05) is 71.0 Å². The Morgan fingerprint density at radius 1 is 0.634 bits per heavy atom. The van der Waals surface area contributed by atoms with E-state index in [4.69, 9.17) is 0 Å². The average Bonchev–Trinajstić information content (AvgIpc) is 3.39. The first kappa shape index (κ1) is 27.4. The van der Waals surface area contributed by atoms with Crippen molar-refractivity contribution in [1.82, 2.24) is 19.6 Å². The highest BCUT2D eigenvalue weighted by Gasteiger charge is 2.13. The molecule has 3 aromatic carbocycles. The minimum atomic E-state index is -0.244. The largest absolute Gasteiger partial charge is 0.506 e. The molecule has 0 aliphatic heterocycles. The van der Waals surface area contributed by atoms with Gasteiger partial charge in [-0.25, -0.2) is 9.36 Å². The standard InChI is InChI=1S/C32H32N6O3/c1-18-7-10-25(13-20(18)3)37-31(40)27(22(5)35-37)16-33-24-9-12-30(39)29(15-24)34-17-28-23(6)36-38(32(28)41)26-11-8-19(2)21(4)14-26/h7-17,35-36,39H,1-6H3. The molecule has 5 rings (SSSR count). The molecule has 9 heteroatoms. The number of hydrogen-bond acceptors (Lipinski definition) is 5. The summed E-state index contributed by atoms with van der Waals surface area (Å²) in [7, 11) is 0. The van der Waals surface area contributed by atoms with Crippen LogP contribution in [0.15, 0.2) is 74.2 Å². The third-order valence-electron chi connectivity index (χ3n) is 7.37. The minimum Gasteiger partial charge on any atom is -0.506 e. The summed E-state index contributed by atoms with van der Waals surface area (Å²) < 4.78 is 2.98. The number of aromatic hydroxyl groups is 1. The fourth-order valence-corrected chi connectivity index (χ4v) is 4.48. The molecule has 2 heterocycles. The number of phenolic OH excluding ortho intramolecular Hbond substituents is 1. The van der Waals surface area contributed by atoms with Gasteiger partial charge in [-0.2, -0.15) is 0 Å². The van der Waals surface area contributed by atoms with E-state index in [9.17, 15) is 14.7 Å². The van der Waals surface area contributed by atoms with Crippen molar-refractivity contribution in [2.45, 2.75) is 41.5 Å². The summed E-state index contributed by atoms with van der Waals surface area (Å²) in [4.78, 5) is 35.1. The lowest BCUT2D eigenvalue weighted by Crippen LogP contribution is -2.17. The Morgan fingerprint density at radius 2 is 1.12 bits per heavy atom. The molecule has 0 atom stereocenters. The summed E-state index contributed by atoms with van der Waals surface area (Å²) in [6.45, 7) is 11.7. The molecule has 208 valence electrons. The Labute approximate surface area is 237 Å². The molecular weight excluding hydrogens is 516 g/mol. The molecule has 9 nitrogen and oxygen atoms in total. The van der Waals surface area contributed by atoms with E-state index in [2.05, 4.69) is 20.2 Å². The van der Waals surface area contributed by atoms with Crippen LogP contribution in [0.25, 0.3) is 11.4 Å². The van der Waals surface area contributed by atoms with Crippen LogP contribution >= 0.6 is 0 Å². The summed E-state index contributed by atoms with van der Waals surface area (Å²) in [5, 5.41) is 16.6. The maximum atomic E-state index is 13.1. The second-order valence-electron chi connectivity index (χ2n) is 10.3. The zero-order valence-corrected chi connectivity index (χ0v) is 23.9. The molecule has 0 bridgehead atoms. The Kier molecular flexibility index (Phi) is 7.19. The normalized spacial score (nSPS) is 11.8. The second kappa shape index (κ2) is 10.8. The first-order valence-electron chi connectivity index (χ1n) is 13.2. The molecule has 0 aliphatic carbocycles. The van der Waals surface area contributed by atoms with Crippen LogP contribution in [0.2, 0.25) is 0 Å². The summed E-state index contributed by atoms with van der Waals surface area (Å²) in [5.74, 6) is -0.0576. The van der Waals surface area contributed by atoms with Crippen molar-refractivity contribution in [3.05, 3.63) is 120 Å². The van der Waals surface area contributed by atoms with Crippen molar-refractivity contribution in [2.75, 3.05) is 0 Å². The van der Waals surface area contributed by atoms with Crippen LogP contribution < -0.4 is 11.1 Å². The molecule has 0 saturated heterocycles. The lowest BCUT2D eigenvalue weighted by atomic mass is 10.1. The van der Waals surface area contributed by atoms with Crippen molar-refractivity contribution in [3.8, 4) is 17.1 Å². The van der Waals surface area contributed by atoms with Crippen LogP contribution in [-0.4, -0.2) is 37.1 Å². The summed E-state index contributed by atoms with van der Waals surface area (Å²) in [6.07, 6.45) is 2.94. The van der Waals surface area contributed by atoms with Crippen LogP contribution in [0.1, 0.15) is 44.8 Å². The van der Waals surface area contributed by atoms with Gasteiger partial charge in [-0.15, -0.1) is 0 Å². The molecule has 2 aromatic heterocycles. The highest BCUT2D eigenvalue weighted by molar-refractivity contribution is 5.85. The number of nitrogens with zero attached hydrogens (tertiary/aromatic N) is 4. The SMILES string of the molecule is Cc1ccc(-n2[nH]c(C)c(C=Nc3ccc(O)c(N=Cc4c(C)[nH]n(-c5ccc(C)c(C)c5)c4=O)c3)c2=O)cc1C. The van der Waals surface area contributed by atoms with E-state index >= 15 is 0 Å². The first-order chi connectivity index (χ1) is 19.5. The molecule has 41 heavy (non-hydrogen) atoms. The zero-order valence-electron chi connectivity index (χ0n) is 23.9. The Bertz CT molecular complexity index is 1970. The van der Waals surface area contributed by atoms with Crippen molar-refractivity contribution in [1.29, 1.82) is 0 Å². The van der Waals surface area contributed by atoms with E-state index in [1.165, 1.54) is 27.9 Å². The molecule has 3 N–H and O–H groups in total. The van der Waals surface area contributed by atoms with Gasteiger partial charge in [0.2, 0.25) is 0 Å². The monoisotopic (exact) mass is 548 g/mol. The van der Waals surface area contributed by atoms with Crippen LogP contribution in [-0.2, 0) is 0 Å². The van der Waals surface area contributed by atoms with Crippen LogP contribution in [0.5, 0.6) is 5.75 Å².